The standard InChI is InChI=1S/C33H54O6.C9H6O6/c1-25(2)16-10-7-13-21-37-31(34)28-19-20-29(32(35)38-22-14-8-11-17-26(3)4)30(24-28)33(36)39-23-15-9-12-18-27(5)6;10-7(11)4-1-2-5(8(12)13)6(3-4)9(14)15/h19-20,24-27H,7-18,21-23H2,1-6H3;1-3H,(H,10,11)(H,12,13)(H,14,15). The number of aromatic carboxylic acids is 3. The van der Waals surface area contributed by atoms with Crippen molar-refractivity contribution >= 4 is 35.8 Å². The molecular weight excluding hydrogens is 696 g/mol. The van der Waals surface area contributed by atoms with Gasteiger partial charge in [-0.15, -0.1) is 0 Å². The Kier molecular flexibility index (Phi) is 22.9. The number of carboxylic acid groups (broad SMARTS) is 3. The molecule has 300 valence electrons. The van der Waals surface area contributed by atoms with Gasteiger partial charge in [0.05, 0.1) is 53.2 Å². The molecular formula is C42H60O12. The molecule has 12 heteroatoms. The second-order valence-electron chi connectivity index (χ2n) is 14.6. The summed E-state index contributed by atoms with van der Waals surface area (Å²) in [7, 11) is 0. The Morgan fingerprint density at radius 2 is 0.796 bits per heavy atom. The molecule has 2 aromatic rings. The first-order chi connectivity index (χ1) is 25.5. The third-order valence-electron chi connectivity index (χ3n) is 8.40. The summed E-state index contributed by atoms with van der Waals surface area (Å²) in [4.78, 5) is 70.2. The van der Waals surface area contributed by atoms with Crippen LogP contribution in [0.4, 0.5) is 0 Å². The minimum atomic E-state index is -1.48. The molecule has 0 spiro atoms. The number of carboxylic acids is 3. The van der Waals surface area contributed by atoms with Crippen LogP contribution >= 0.6 is 0 Å². The van der Waals surface area contributed by atoms with Crippen molar-refractivity contribution in [2.24, 2.45) is 17.8 Å². The highest BCUT2D eigenvalue weighted by atomic mass is 16.5. The normalized spacial score (nSPS) is 10.8. The van der Waals surface area contributed by atoms with Crippen molar-refractivity contribution in [2.75, 3.05) is 19.8 Å². The lowest BCUT2D eigenvalue weighted by molar-refractivity contribution is 0.0447. The van der Waals surface area contributed by atoms with Crippen molar-refractivity contribution in [2.45, 2.75) is 119 Å². The van der Waals surface area contributed by atoms with E-state index in [1.54, 1.807) is 0 Å². The summed E-state index contributed by atoms with van der Waals surface area (Å²) in [5.74, 6) is -3.93. The topological polar surface area (TPSA) is 191 Å². The Morgan fingerprint density at radius 3 is 1.20 bits per heavy atom. The highest BCUT2D eigenvalue weighted by Crippen LogP contribution is 2.19. The van der Waals surface area contributed by atoms with E-state index in [9.17, 15) is 28.8 Å². The molecule has 0 aromatic heterocycles. The van der Waals surface area contributed by atoms with Crippen LogP contribution in [0.1, 0.15) is 181 Å². The lowest BCUT2D eigenvalue weighted by Crippen LogP contribution is -2.17. The second kappa shape index (κ2) is 26.1. The molecule has 0 bridgehead atoms. The predicted octanol–water partition coefficient (Wildman–Crippen LogP) is 9.59. The quantitative estimate of drug-likeness (QED) is 0.0523. The van der Waals surface area contributed by atoms with Crippen molar-refractivity contribution in [1.29, 1.82) is 0 Å². The van der Waals surface area contributed by atoms with Crippen LogP contribution < -0.4 is 0 Å². The van der Waals surface area contributed by atoms with Crippen LogP contribution in [0.2, 0.25) is 0 Å². The number of carbonyl (C=O) groups is 6. The van der Waals surface area contributed by atoms with E-state index in [-0.39, 0.29) is 28.9 Å². The maximum atomic E-state index is 13.0. The number of benzene rings is 2. The van der Waals surface area contributed by atoms with Crippen LogP contribution in [0.15, 0.2) is 36.4 Å². The van der Waals surface area contributed by atoms with Crippen molar-refractivity contribution in [3.8, 4) is 0 Å². The van der Waals surface area contributed by atoms with Gasteiger partial charge in [-0.25, -0.2) is 28.8 Å². The van der Waals surface area contributed by atoms with Crippen molar-refractivity contribution in [1.82, 2.24) is 0 Å². The lowest BCUT2D eigenvalue weighted by Gasteiger charge is -2.12. The molecule has 0 saturated carbocycles. The summed E-state index contributed by atoms with van der Waals surface area (Å²) in [6.07, 6.45) is 12.0. The highest BCUT2D eigenvalue weighted by Gasteiger charge is 2.23. The molecule has 0 aliphatic carbocycles. The van der Waals surface area contributed by atoms with E-state index >= 15 is 0 Å². The zero-order valence-corrected chi connectivity index (χ0v) is 32.8. The maximum Gasteiger partial charge on any atom is 0.339 e. The summed E-state index contributed by atoms with van der Waals surface area (Å²) in [6.45, 7) is 14.1. The van der Waals surface area contributed by atoms with Crippen molar-refractivity contribution in [3.05, 3.63) is 69.8 Å². The molecule has 0 aliphatic rings. The fourth-order valence-corrected chi connectivity index (χ4v) is 5.29. The third-order valence-corrected chi connectivity index (χ3v) is 8.40. The fourth-order valence-electron chi connectivity index (χ4n) is 5.29. The Morgan fingerprint density at radius 1 is 0.426 bits per heavy atom. The van der Waals surface area contributed by atoms with Gasteiger partial charge in [-0.3, -0.25) is 0 Å². The molecule has 0 unspecified atom stereocenters. The Bertz CT molecular complexity index is 1510. The number of hydrogen-bond acceptors (Lipinski definition) is 9. The van der Waals surface area contributed by atoms with Crippen LogP contribution in [-0.4, -0.2) is 71.0 Å². The Hall–Kier alpha value is -4.74. The molecule has 0 saturated heterocycles. The van der Waals surface area contributed by atoms with E-state index < -0.39 is 46.9 Å². The van der Waals surface area contributed by atoms with Crippen LogP contribution in [-0.2, 0) is 14.2 Å². The van der Waals surface area contributed by atoms with Gasteiger partial charge in [0, 0.05) is 0 Å². The van der Waals surface area contributed by atoms with Crippen LogP contribution in [0.25, 0.3) is 0 Å². The summed E-state index contributed by atoms with van der Waals surface area (Å²) >= 11 is 0. The summed E-state index contributed by atoms with van der Waals surface area (Å²) in [5, 5.41) is 25.9. The van der Waals surface area contributed by atoms with Gasteiger partial charge in [0.15, 0.2) is 0 Å². The van der Waals surface area contributed by atoms with E-state index in [0.29, 0.717) is 31.0 Å². The average Bonchev–Trinajstić information content (AvgIpc) is 3.11. The first kappa shape index (κ1) is 47.3. The van der Waals surface area contributed by atoms with Gasteiger partial charge in [-0.1, -0.05) is 99.3 Å². The second-order valence-corrected chi connectivity index (χ2v) is 14.6. The maximum absolute atomic E-state index is 13.0. The fraction of sp³-hybridized carbons (Fsp3) is 0.571. The largest absolute Gasteiger partial charge is 0.478 e. The number of unbranched alkanes of at least 4 members (excludes halogenated alkanes) is 6. The molecule has 0 fully saturated rings. The van der Waals surface area contributed by atoms with E-state index in [1.165, 1.54) is 18.2 Å². The van der Waals surface area contributed by atoms with E-state index in [0.717, 1.165) is 95.2 Å². The molecule has 0 radical (unpaired) electrons. The minimum Gasteiger partial charge on any atom is -0.478 e. The zero-order valence-electron chi connectivity index (χ0n) is 32.8. The molecule has 0 atom stereocenters. The lowest BCUT2D eigenvalue weighted by atomic mass is 10.0. The van der Waals surface area contributed by atoms with Crippen LogP contribution in [0, 0.1) is 17.8 Å². The number of esters is 3. The molecule has 12 nitrogen and oxygen atoms in total. The molecule has 2 aromatic carbocycles. The molecule has 54 heavy (non-hydrogen) atoms. The molecule has 0 heterocycles. The third kappa shape index (κ3) is 19.4. The number of hydrogen-bond donors (Lipinski definition) is 3. The average molecular weight is 757 g/mol. The van der Waals surface area contributed by atoms with Gasteiger partial charge in [-0.05, 0) is 73.4 Å². The SMILES string of the molecule is CC(C)CCCCCOC(=O)c1ccc(C(=O)OCCCCCC(C)C)c(C(=O)OCCCCCC(C)C)c1.O=C(O)c1ccc(C(=O)O)c(C(=O)O)c1. The molecule has 0 amide bonds. The van der Waals surface area contributed by atoms with Gasteiger partial charge in [0.25, 0.3) is 0 Å². The van der Waals surface area contributed by atoms with E-state index in [1.807, 2.05) is 0 Å². The summed E-state index contributed by atoms with van der Waals surface area (Å²) in [5.41, 5.74) is -0.848. The van der Waals surface area contributed by atoms with Crippen LogP contribution in [0.3, 0.4) is 0 Å². The predicted molar refractivity (Wildman–Crippen MR) is 205 cm³/mol. The van der Waals surface area contributed by atoms with E-state index in [4.69, 9.17) is 29.5 Å². The smallest absolute Gasteiger partial charge is 0.339 e. The van der Waals surface area contributed by atoms with Gasteiger partial charge >= 0.3 is 35.8 Å². The number of ether oxygens (including phenoxy) is 3. The monoisotopic (exact) mass is 756 g/mol. The highest BCUT2D eigenvalue weighted by molar-refractivity contribution is 6.05. The summed E-state index contributed by atoms with van der Waals surface area (Å²) < 4.78 is 16.4. The summed E-state index contributed by atoms with van der Waals surface area (Å²) in [6, 6.07) is 7.20. The van der Waals surface area contributed by atoms with Gasteiger partial charge in [-0.2, -0.15) is 0 Å². The molecule has 2 rings (SSSR count). The number of rotatable bonds is 24. The van der Waals surface area contributed by atoms with Crippen molar-refractivity contribution < 1.29 is 58.3 Å². The van der Waals surface area contributed by atoms with Crippen LogP contribution in [0.5, 0.6) is 0 Å². The van der Waals surface area contributed by atoms with Crippen molar-refractivity contribution in [3.63, 3.8) is 0 Å². The first-order valence-electron chi connectivity index (χ1n) is 19.0. The van der Waals surface area contributed by atoms with E-state index in [2.05, 4.69) is 41.5 Å². The van der Waals surface area contributed by atoms with Gasteiger partial charge in [0.2, 0.25) is 0 Å². The molecule has 3 N–H and O–H groups in total. The van der Waals surface area contributed by atoms with Gasteiger partial charge < -0.3 is 29.5 Å². The Balaban J connectivity index is 0.000000806. The minimum absolute atomic E-state index is 0.0494. The molecule has 0 aliphatic heterocycles. The zero-order chi connectivity index (χ0) is 40.6. The first-order valence-corrected chi connectivity index (χ1v) is 19.0. The van der Waals surface area contributed by atoms with Gasteiger partial charge in [0.1, 0.15) is 0 Å². The number of carbonyl (C=O) groups excluding carboxylic acids is 3. The Labute approximate surface area is 319 Å².